The zero-order valence-corrected chi connectivity index (χ0v) is 12.6. The molecule has 1 aliphatic carbocycles. The van der Waals surface area contributed by atoms with Crippen LogP contribution in [-0.4, -0.2) is 38.7 Å². The van der Waals surface area contributed by atoms with Crippen LogP contribution in [-0.2, 0) is 0 Å². The molecule has 0 saturated heterocycles. The average molecular weight is 295 g/mol. The lowest BCUT2D eigenvalue weighted by molar-refractivity contribution is 0.165. The monoisotopic (exact) mass is 295 g/mol. The van der Waals surface area contributed by atoms with Gasteiger partial charge in [0.05, 0.1) is 0 Å². The summed E-state index contributed by atoms with van der Waals surface area (Å²) in [6, 6.07) is 0.158. The summed E-state index contributed by atoms with van der Waals surface area (Å²) in [6.45, 7) is 6.54. The summed E-state index contributed by atoms with van der Waals surface area (Å²) in [5.74, 6) is 0.586. The largest absolute Gasteiger partial charge is 0.386 e. The van der Waals surface area contributed by atoms with Gasteiger partial charge in [-0.2, -0.15) is 15.0 Å². The van der Waals surface area contributed by atoms with Crippen LogP contribution >= 0.6 is 0 Å². The van der Waals surface area contributed by atoms with E-state index in [0.717, 1.165) is 6.42 Å². The number of hydrogen-bond acceptors (Lipinski definition) is 6. The molecule has 116 valence electrons. The van der Waals surface area contributed by atoms with Crippen molar-refractivity contribution in [3.05, 3.63) is 11.7 Å². The summed E-state index contributed by atoms with van der Waals surface area (Å²) in [5.41, 5.74) is 0.377. The first-order valence-electron chi connectivity index (χ1n) is 7.34. The minimum Gasteiger partial charge on any atom is -0.386 e. The summed E-state index contributed by atoms with van der Waals surface area (Å²) in [7, 11) is 0. The molecule has 0 aromatic carbocycles. The highest BCUT2D eigenvalue weighted by molar-refractivity contribution is 5.65. The van der Waals surface area contributed by atoms with E-state index in [1.165, 1.54) is 0 Å². The smallest absolute Gasteiger partial charge is 0.228 e. The van der Waals surface area contributed by atoms with Crippen molar-refractivity contribution in [3.63, 3.8) is 0 Å². The van der Waals surface area contributed by atoms with Crippen molar-refractivity contribution in [2.75, 3.05) is 17.2 Å². The minimum absolute atomic E-state index is 0.158. The first-order valence-corrected chi connectivity index (χ1v) is 7.34. The number of rotatable bonds is 5. The van der Waals surface area contributed by atoms with E-state index in [-0.39, 0.29) is 6.04 Å². The lowest BCUT2D eigenvalue weighted by atomic mass is 9.96. The molecule has 21 heavy (non-hydrogen) atoms. The third kappa shape index (κ3) is 3.87. The maximum Gasteiger partial charge on any atom is 0.228 e. The van der Waals surface area contributed by atoms with Crippen LogP contribution in [0.1, 0.15) is 45.9 Å². The van der Waals surface area contributed by atoms with Gasteiger partial charge in [-0.1, -0.05) is 0 Å². The highest BCUT2D eigenvalue weighted by Gasteiger charge is 2.24. The molecule has 1 aliphatic rings. The molecular weight excluding hydrogens is 273 g/mol. The fourth-order valence-corrected chi connectivity index (χ4v) is 2.21. The second kappa shape index (κ2) is 6.80. The molecule has 2 rings (SSSR count). The van der Waals surface area contributed by atoms with E-state index in [2.05, 4.69) is 25.6 Å². The van der Waals surface area contributed by atoms with Crippen LogP contribution in [0.15, 0.2) is 5.83 Å². The normalized spacial score (nSPS) is 19.0. The van der Waals surface area contributed by atoms with Gasteiger partial charge in [-0.15, -0.1) is 0 Å². The summed E-state index contributed by atoms with van der Waals surface area (Å²) in [5, 5.41) is 15.8. The topological polar surface area (TPSA) is 83.0 Å². The third-order valence-corrected chi connectivity index (χ3v) is 3.14. The van der Waals surface area contributed by atoms with E-state index in [4.69, 9.17) is 0 Å². The zero-order valence-electron chi connectivity index (χ0n) is 12.6. The van der Waals surface area contributed by atoms with Gasteiger partial charge in [-0.3, -0.25) is 0 Å². The van der Waals surface area contributed by atoms with Gasteiger partial charge in [0, 0.05) is 18.2 Å². The van der Waals surface area contributed by atoms with E-state index < -0.39 is 11.9 Å². The number of allylic oxidation sites excluding steroid dienone is 1. The fourth-order valence-electron chi connectivity index (χ4n) is 2.21. The number of aliphatic hydroxyl groups is 1. The molecule has 1 aromatic heterocycles. The lowest BCUT2D eigenvalue weighted by Gasteiger charge is -2.19. The number of nitrogens with one attached hydrogen (secondary N) is 2. The SMILES string of the molecule is CCNc1nc(NC(C)C)nc(C2=C(F)C(O)CCC2)n1. The van der Waals surface area contributed by atoms with Crippen molar-refractivity contribution in [2.24, 2.45) is 0 Å². The van der Waals surface area contributed by atoms with E-state index >= 15 is 0 Å². The predicted molar refractivity (Wildman–Crippen MR) is 80.6 cm³/mol. The highest BCUT2D eigenvalue weighted by atomic mass is 19.1. The zero-order chi connectivity index (χ0) is 15.4. The summed E-state index contributed by atoms with van der Waals surface area (Å²) in [4.78, 5) is 12.8. The molecule has 6 nitrogen and oxygen atoms in total. The molecule has 1 unspecified atom stereocenters. The van der Waals surface area contributed by atoms with Gasteiger partial charge in [-0.05, 0) is 40.0 Å². The Morgan fingerprint density at radius 2 is 2.00 bits per heavy atom. The summed E-state index contributed by atoms with van der Waals surface area (Å²) >= 11 is 0. The second-order valence-corrected chi connectivity index (χ2v) is 5.37. The average Bonchev–Trinajstić information content (AvgIpc) is 2.41. The van der Waals surface area contributed by atoms with Gasteiger partial charge in [-0.25, -0.2) is 4.39 Å². The molecule has 0 radical (unpaired) electrons. The maximum absolute atomic E-state index is 14.1. The molecule has 0 bridgehead atoms. The van der Waals surface area contributed by atoms with E-state index in [1.807, 2.05) is 20.8 Å². The van der Waals surface area contributed by atoms with Gasteiger partial charge >= 0.3 is 0 Å². The number of aromatic nitrogens is 3. The number of hydrogen-bond donors (Lipinski definition) is 3. The minimum atomic E-state index is -1.05. The molecular formula is C14H22FN5O. The molecule has 0 spiro atoms. The Kier molecular flexibility index (Phi) is 5.06. The van der Waals surface area contributed by atoms with Crippen LogP contribution in [0, 0.1) is 0 Å². The van der Waals surface area contributed by atoms with Gasteiger partial charge in [0.25, 0.3) is 0 Å². The Morgan fingerprint density at radius 3 is 2.67 bits per heavy atom. The first-order chi connectivity index (χ1) is 10.0. The quantitative estimate of drug-likeness (QED) is 0.773. The Bertz CT molecular complexity index is 532. The third-order valence-electron chi connectivity index (χ3n) is 3.14. The number of anilines is 2. The molecule has 3 N–H and O–H groups in total. The number of halogens is 1. The first kappa shape index (κ1) is 15.6. The summed E-state index contributed by atoms with van der Waals surface area (Å²) in [6.07, 6.45) is 0.644. The molecule has 1 atom stereocenters. The number of nitrogens with zero attached hydrogens (tertiary/aromatic N) is 3. The molecule has 1 heterocycles. The van der Waals surface area contributed by atoms with E-state index in [9.17, 15) is 9.50 Å². The van der Waals surface area contributed by atoms with Crippen LogP contribution in [0.2, 0.25) is 0 Å². The van der Waals surface area contributed by atoms with Crippen LogP contribution in [0.25, 0.3) is 5.57 Å². The van der Waals surface area contributed by atoms with Crippen LogP contribution < -0.4 is 10.6 Å². The van der Waals surface area contributed by atoms with Crippen molar-refractivity contribution < 1.29 is 9.50 Å². The molecule has 0 saturated carbocycles. The second-order valence-electron chi connectivity index (χ2n) is 5.37. The van der Waals surface area contributed by atoms with Crippen LogP contribution in [0.5, 0.6) is 0 Å². The van der Waals surface area contributed by atoms with Gasteiger partial charge in [0.15, 0.2) is 5.82 Å². The Morgan fingerprint density at radius 1 is 1.29 bits per heavy atom. The summed E-state index contributed by atoms with van der Waals surface area (Å²) < 4.78 is 14.1. The van der Waals surface area contributed by atoms with Crippen molar-refractivity contribution >= 4 is 17.5 Å². The fraction of sp³-hybridized carbons (Fsp3) is 0.643. The lowest BCUT2D eigenvalue weighted by Crippen LogP contribution is -2.18. The van der Waals surface area contributed by atoms with Crippen LogP contribution in [0.4, 0.5) is 16.3 Å². The van der Waals surface area contributed by atoms with Gasteiger partial charge in [0.1, 0.15) is 11.9 Å². The molecule has 0 aliphatic heterocycles. The van der Waals surface area contributed by atoms with E-state index in [1.54, 1.807) is 0 Å². The Balaban J connectivity index is 2.41. The molecule has 0 amide bonds. The van der Waals surface area contributed by atoms with Gasteiger partial charge < -0.3 is 15.7 Å². The molecule has 0 fully saturated rings. The van der Waals surface area contributed by atoms with Crippen molar-refractivity contribution in [1.29, 1.82) is 0 Å². The Hall–Kier alpha value is -1.76. The number of aliphatic hydroxyl groups excluding tert-OH is 1. The Labute approximate surface area is 123 Å². The molecule has 1 aromatic rings. The van der Waals surface area contributed by atoms with Crippen molar-refractivity contribution in [3.8, 4) is 0 Å². The van der Waals surface area contributed by atoms with Gasteiger partial charge in [0.2, 0.25) is 11.9 Å². The highest BCUT2D eigenvalue weighted by Crippen LogP contribution is 2.32. The predicted octanol–water partition coefficient (Wildman–Crippen LogP) is 2.35. The van der Waals surface area contributed by atoms with Crippen molar-refractivity contribution in [2.45, 2.75) is 52.2 Å². The van der Waals surface area contributed by atoms with Crippen LogP contribution in [0.3, 0.4) is 0 Å². The van der Waals surface area contributed by atoms with E-state index in [0.29, 0.717) is 42.7 Å². The standard InChI is InChI=1S/C14H22FN5O/c1-4-16-13-18-12(19-14(20-13)17-8(2)3)9-6-5-7-10(21)11(9)15/h8,10,21H,4-7H2,1-3H3,(H2,16,17,18,19,20). The molecule has 7 heteroatoms. The van der Waals surface area contributed by atoms with Crippen molar-refractivity contribution in [1.82, 2.24) is 15.0 Å². The maximum atomic E-state index is 14.1.